The summed E-state index contributed by atoms with van der Waals surface area (Å²) in [7, 11) is 3.42. The summed E-state index contributed by atoms with van der Waals surface area (Å²) in [6.45, 7) is 3.10. The van der Waals surface area contributed by atoms with Crippen LogP contribution in [0.4, 0.5) is 4.79 Å². The average molecular weight is 411 g/mol. The number of hydrogen-bond acceptors (Lipinski definition) is 4. The van der Waals surface area contributed by atoms with Crippen molar-refractivity contribution >= 4 is 16.9 Å². The average Bonchev–Trinajstić information content (AvgIpc) is 3.47. The van der Waals surface area contributed by atoms with Crippen molar-refractivity contribution in [3.63, 3.8) is 0 Å². The molecule has 30 heavy (non-hydrogen) atoms. The largest absolute Gasteiger partial charge is 0.493 e. The normalized spacial score (nSPS) is 14.4. The molecule has 2 amide bonds. The van der Waals surface area contributed by atoms with Crippen LogP contribution in [0.3, 0.4) is 0 Å². The molecule has 1 atom stereocenters. The van der Waals surface area contributed by atoms with E-state index in [-0.39, 0.29) is 13.5 Å². The van der Waals surface area contributed by atoms with Gasteiger partial charge in [0, 0.05) is 33.2 Å². The van der Waals surface area contributed by atoms with Crippen LogP contribution in [0, 0.1) is 5.92 Å². The highest BCUT2D eigenvalue weighted by Gasteiger charge is 2.22. The second-order valence-corrected chi connectivity index (χ2v) is 8.10. The number of amides is 2. The van der Waals surface area contributed by atoms with Gasteiger partial charge in [0.25, 0.3) is 0 Å². The molecule has 0 unspecified atom stereocenters. The predicted octanol–water partition coefficient (Wildman–Crippen LogP) is 4.10. The first kappa shape index (κ1) is 20.1. The summed E-state index contributed by atoms with van der Waals surface area (Å²) in [6.07, 6.45) is 4.56. The van der Waals surface area contributed by atoms with Crippen molar-refractivity contribution in [1.29, 1.82) is 0 Å². The molecular formula is C23H30N4O3. The second-order valence-electron chi connectivity index (χ2n) is 8.10. The van der Waals surface area contributed by atoms with Crippen molar-refractivity contribution in [2.75, 3.05) is 27.3 Å². The fraction of sp³-hybridized carbons (Fsp3) is 0.391. The van der Waals surface area contributed by atoms with Crippen LogP contribution in [0.5, 0.6) is 11.5 Å². The van der Waals surface area contributed by atoms with Crippen LogP contribution in [0.1, 0.15) is 21.2 Å². The Hall–Kier alpha value is -3.22. The van der Waals surface area contributed by atoms with Crippen molar-refractivity contribution in [3.8, 4) is 17.2 Å². The van der Waals surface area contributed by atoms with Gasteiger partial charge in [-0.05, 0) is 62.1 Å². The van der Waals surface area contributed by atoms with E-state index in [0.29, 0.717) is 6.61 Å². The molecular weight excluding hydrogens is 380 g/mol. The van der Waals surface area contributed by atoms with Gasteiger partial charge in [-0.1, -0.05) is 0 Å². The standard InChI is InChI=1S/C23H28N4O3.H2/c1-16(24-23(28)26(2)3)14-29-20-10-7-19(8-11-20)27-13-18-6-9-21(12-22(18)25-27)30-15-17-4-5-17;/h6-13,16-17H,4-5,14-15H2,1-3H3,(H,24,28);1H/t16-;/m0./s1. The molecule has 7 nitrogen and oxygen atoms in total. The summed E-state index contributed by atoms with van der Waals surface area (Å²) in [5.74, 6) is 2.35. The molecule has 0 saturated heterocycles. The number of carbonyl (C=O) groups is 1. The second kappa shape index (κ2) is 8.65. The summed E-state index contributed by atoms with van der Waals surface area (Å²) in [5.41, 5.74) is 1.86. The third-order valence-corrected chi connectivity index (χ3v) is 5.04. The monoisotopic (exact) mass is 410 g/mol. The highest BCUT2D eigenvalue weighted by molar-refractivity contribution is 5.80. The number of aromatic nitrogens is 2. The van der Waals surface area contributed by atoms with E-state index in [1.165, 1.54) is 17.7 Å². The minimum Gasteiger partial charge on any atom is -0.493 e. The fourth-order valence-electron chi connectivity index (χ4n) is 3.01. The van der Waals surface area contributed by atoms with Crippen LogP contribution in [0.2, 0.25) is 0 Å². The Labute approximate surface area is 178 Å². The van der Waals surface area contributed by atoms with Crippen LogP contribution >= 0.6 is 0 Å². The molecule has 1 aromatic heterocycles. The topological polar surface area (TPSA) is 68.6 Å². The SMILES string of the molecule is C[C@@H](COc1ccc(-n2cc3ccc(OCC4CC4)cc3n2)cc1)NC(=O)N(C)C.[HH]. The number of nitrogens with one attached hydrogen (secondary N) is 1. The summed E-state index contributed by atoms with van der Waals surface area (Å²) in [6, 6.07) is 13.6. The fourth-order valence-corrected chi connectivity index (χ4v) is 3.01. The number of fused-ring (bicyclic) bond motifs is 1. The molecule has 2 aromatic carbocycles. The number of benzene rings is 2. The molecule has 7 heteroatoms. The van der Waals surface area contributed by atoms with E-state index >= 15 is 0 Å². The summed E-state index contributed by atoms with van der Waals surface area (Å²) < 4.78 is 13.5. The highest BCUT2D eigenvalue weighted by atomic mass is 16.5. The predicted molar refractivity (Wildman–Crippen MR) is 119 cm³/mol. The Morgan fingerprint density at radius 2 is 1.93 bits per heavy atom. The van der Waals surface area contributed by atoms with Gasteiger partial charge < -0.3 is 19.7 Å². The van der Waals surface area contributed by atoms with Crippen LogP contribution in [0.15, 0.2) is 48.7 Å². The summed E-state index contributed by atoms with van der Waals surface area (Å²) in [4.78, 5) is 13.2. The highest BCUT2D eigenvalue weighted by Crippen LogP contribution is 2.30. The first-order chi connectivity index (χ1) is 14.5. The Balaban J connectivity index is 0.00000272. The minimum atomic E-state index is -0.131. The van der Waals surface area contributed by atoms with E-state index in [1.807, 2.05) is 60.3 Å². The lowest BCUT2D eigenvalue weighted by Crippen LogP contribution is -2.42. The molecule has 0 radical (unpaired) electrons. The quantitative estimate of drug-likeness (QED) is 0.607. The molecule has 4 rings (SSSR count). The molecule has 1 saturated carbocycles. The Morgan fingerprint density at radius 1 is 1.20 bits per heavy atom. The number of urea groups is 1. The minimum absolute atomic E-state index is 0. The third kappa shape index (κ3) is 5.03. The third-order valence-electron chi connectivity index (χ3n) is 5.04. The van der Waals surface area contributed by atoms with Gasteiger partial charge in [0.1, 0.15) is 18.1 Å². The lowest BCUT2D eigenvalue weighted by molar-refractivity contribution is 0.205. The maximum Gasteiger partial charge on any atom is 0.317 e. The zero-order valence-electron chi connectivity index (χ0n) is 17.7. The summed E-state index contributed by atoms with van der Waals surface area (Å²) in [5, 5.41) is 8.61. The summed E-state index contributed by atoms with van der Waals surface area (Å²) >= 11 is 0. The molecule has 0 bridgehead atoms. The first-order valence-corrected chi connectivity index (χ1v) is 10.3. The molecule has 160 valence electrons. The Kier molecular flexibility index (Phi) is 5.79. The molecule has 1 N–H and O–H groups in total. The van der Waals surface area contributed by atoms with Crippen molar-refractivity contribution in [2.24, 2.45) is 5.92 Å². The van der Waals surface area contributed by atoms with E-state index in [4.69, 9.17) is 9.47 Å². The van der Waals surface area contributed by atoms with Gasteiger partial charge in [0.2, 0.25) is 0 Å². The van der Waals surface area contributed by atoms with Crippen molar-refractivity contribution in [2.45, 2.75) is 25.8 Å². The molecule has 1 fully saturated rings. The van der Waals surface area contributed by atoms with E-state index in [0.717, 1.165) is 40.6 Å². The van der Waals surface area contributed by atoms with Crippen LogP contribution in [-0.4, -0.2) is 54.1 Å². The van der Waals surface area contributed by atoms with E-state index in [1.54, 1.807) is 14.1 Å². The molecule has 1 aliphatic carbocycles. The molecule has 0 spiro atoms. The van der Waals surface area contributed by atoms with E-state index < -0.39 is 0 Å². The van der Waals surface area contributed by atoms with Crippen molar-refractivity contribution < 1.29 is 15.7 Å². The van der Waals surface area contributed by atoms with Gasteiger partial charge >= 0.3 is 6.03 Å². The van der Waals surface area contributed by atoms with Crippen molar-refractivity contribution in [3.05, 3.63) is 48.7 Å². The van der Waals surface area contributed by atoms with Crippen LogP contribution in [-0.2, 0) is 0 Å². The van der Waals surface area contributed by atoms with E-state index in [2.05, 4.69) is 10.4 Å². The number of ether oxygens (including phenoxy) is 2. The zero-order chi connectivity index (χ0) is 21.1. The number of nitrogens with zero attached hydrogens (tertiary/aromatic N) is 3. The first-order valence-electron chi connectivity index (χ1n) is 10.3. The van der Waals surface area contributed by atoms with Gasteiger partial charge in [0.15, 0.2) is 0 Å². The van der Waals surface area contributed by atoms with Gasteiger partial charge in [0.05, 0.1) is 23.9 Å². The van der Waals surface area contributed by atoms with E-state index in [9.17, 15) is 4.79 Å². The molecule has 3 aromatic rings. The molecule has 1 aliphatic rings. The maximum atomic E-state index is 11.7. The Bertz CT molecular complexity index is 1020. The van der Waals surface area contributed by atoms with Gasteiger partial charge in [-0.15, -0.1) is 0 Å². The molecule has 0 aliphatic heterocycles. The number of hydrogen-bond donors (Lipinski definition) is 1. The zero-order valence-corrected chi connectivity index (χ0v) is 17.7. The van der Waals surface area contributed by atoms with Crippen molar-refractivity contribution in [1.82, 2.24) is 20.0 Å². The van der Waals surface area contributed by atoms with Gasteiger partial charge in [-0.25, -0.2) is 9.48 Å². The lowest BCUT2D eigenvalue weighted by atomic mass is 10.2. The maximum absolute atomic E-state index is 11.7. The number of rotatable bonds is 8. The van der Waals surface area contributed by atoms with Gasteiger partial charge in [-0.3, -0.25) is 0 Å². The van der Waals surface area contributed by atoms with Crippen LogP contribution < -0.4 is 14.8 Å². The Morgan fingerprint density at radius 3 is 2.63 bits per heavy atom. The lowest BCUT2D eigenvalue weighted by Gasteiger charge is -2.18. The number of carbonyl (C=O) groups excluding carboxylic acids is 1. The smallest absolute Gasteiger partial charge is 0.317 e. The molecule has 1 heterocycles. The van der Waals surface area contributed by atoms with Gasteiger partial charge in [-0.2, -0.15) is 5.10 Å². The van der Waals surface area contributed by atoms with Crippen LogP contribution in [0.25, 0.3) is 16.6 Å².